The molecule has 6 nitrogen and oxygen atoms in total. The highest BCUT2D eigenvalue weighted by molar-refractivity contribution is 5.34. The maximum atomic E-state index is 5.40. The van der Waals surface area contributed by atoms with Crippen molar-refractivity contribution >= 4 is 0 Å². The van der Waals surface area contributed by atoms with Crippen molar-refractivity contribution in [2.75, 3.05) is 13.7 Å². The molecule has 1 atom stereocenters. The lowest BCUT2D eigenvalue weighted by molar-refractivity contribution is 0.400. The summed E-state index contributed by atoms with van der Waals surface area (Å²) in [6, 6.07) is 0.0381. The van der Waals surface area contributed by atoms with Gasteiger partial charge in [0.25, 0.3) is 0 Å². The third-order valence-corrected chi connectivity index (χ3v) is 3.10. The molecule has 0 radical (unpaired) electrons. The van der Waals surface area contributed by atoms with Crippen molar-refractivity contribution in [1.82, 2.24) is 24.9 Å². The van der Waals surface area contributed by atoms with Crippen LogP contribution in [-0.2, 0) is 14.1 Å². The van der Waals surface area contributed by atoms with E-state index in [4.69, 9.17) is 4.74 Å². The third-order valence-electron chi connectivity index (χ3n) is 3.10. The minimum atomic E-state index is 0.0381. The molecule has 0 aromatic carbocycles. The van der Waals surface area contributed by atoms with Crippen molar-refractivity contribution < 1.29 is 4.74 Å². The van der Waals surface area contributed by atoms with Gasteiger partial charge in [-0.3, -0.25) is 9.36 Å². The number of methoxy groups -OCH3 is 1. The highest BCUT2D eigenvalue weighted by atomic mass is 16.5. The van der Waals surface area contributed by atoms with Crippen LogP contribution in [0.4, 0.5) is 0 Å². The van der Waals surface area contributed by atoms with Crippen molar-refractivity contribution in [2.45, 2.75) is 19.4 Å². The van der Waals surface area contributed by atoms with E-state index in [1.807, 2.05) is 31.2 Å². The summed E-state index contributed by atoms with van der Waals surface area (Å²) < 4.78 is 9.06. The number of aromatic nitrogens is 4. The number of nitrogens with zero attached hydrogens (tertiary/aromatic N) is 4. The van der Waals surface area contributed by atoms with Gasteiger partial charge in [-0.2, -0.15) is 10.2 Å². The fourth-order valence-electron chi connectivity index (χ4n) is 2.16. The van der Waals surface area contributed by atoms with Crippen LogP contribution in [0.15, 0.2) is 18.6 Å². The Bertz CT molecular complexity index is 531. The average Bonchev–Trinajstić information content (AvgIpc) is 2.98. The van der Waals surface area contributed by atoms with Gasteiger partial charge in [0.05, 0.1) is 25.5 Å². The molecule has 0 aliphatic carbocycles. The molecule has 0 saturated carbocycles. The quantitative estimate of drug-likeness (QED) is 0.852. The number of hydrogen-bond acceptors (Lipinski definition) is 4. The molecule has 0 amide bonds. The first-order chi connectivity index (χ1) is 9.17. The molecule has 2 rings (SSSR count). The van der Waals surface area contributed by atoms with Gasteiger partial charge in [-0.15, -0.1) is 0 Å². The van der Waals surface area contributed by atoms with Crippen LogP contribution in [0.3, 0.4) is 0 Å². The first-order valence-electron chi connectivity index (χ1n) is 6.45. The molecule has 2 aromatic heterocycles. The summed E-state index contributed by atoms with van der Waals surface area (Å²) >= 11 is 0. The molecule has 6 heteroatoms. The fraction of sp³-hybridized carbons (Fsp3) is 0.538. The smallest absolute Gasteiger partial charge is 0.161 e. The largest absolute Gasteiger partial charge is 0.493 e. The lowest BCUT2D eigenvalue weighted by Gasteiger charge is -2.18. The Hall–Kier alpha value is -1.82. The van der Waals surface area contributed by atoms with Gasteiger partial charge in [0.2, 0.25) is 0 Å². The SMILES string of the molecule is CCCNC(c1cnn(C)c1)c1c(OC)cnn1C. The van der Waals surface area contributed by atoms with E-state index in [0.717, 1.165) is 30.0 Å². The zero-order valence-corrected chi connectivity index (χ0v) is 11.9. The Labute approximate surface area is 113 Å². The molecule has 2 aromatic rings. The normalized spacial score (nSPS) is 12.6. The highest BCUT2D eigenvalue weighted by Crippen LogP contribution is 2.29. The van der Waals surface area contributed by atoms with Gasteiger partial charge in [0.1, 0.15) is 5.69 Å². The van der Waals surface area contributed by atoms with E-state index in [1.54, 1.807) is 18.0 Å². The summed E-state index contributed by atoms with van der Waals surface area (Å²) in [7, 11) is 5.51. The third kappa shape index (κ3) is 2.78. The minimum absolute atomic E-state index is 0.0381. The molecule has 0 aliphatic heterocycles. The van der Waals surface area contributed by atoms with E-state index in [9.17, 15) is 0 Å². The molecule has 0 fully saturated rings. The maximum Gasteiger partial charge on any atom is 0.161 e. The molecule has 0 spiro atoms. The standard InChI is InChI=1S/C13H21N5O/c1-5-6-14-12(10-7-15-17(2)9-10)13-11(19-4)8-16-18(13)3/h7-9,12,14H,5-6H2,1-4H3. The molecular weight excluding hydrogens is 242 g/mol. The highest BCUT2D eigenvalue weighted by Gasteiger charge is 2.23. The molecule has 104 valence electrons. The summed E-state index contributed by atoms with van der Waals surface area (Å²) in [6.07, 6.45) is 6.70. The average molecular weight is 263 g/mol. The second kappa shape index (κ2) is 5.88. The number of nitrogens with one attached hydrogen (secondary N) is 1. The van der Waals surface area contributed by atoms with Gasteiger partial charge in [-0.05, 0) is 13.0 Å². The first-order valence-corrected chi connectivity index (χ1v) is 6.45. The van der Waals surface area contributed by atoms with E-state index in [-0.39, 0.29) is 6.04 Å². The number of hydrogen-bond donors (Lipinski definition) is 1. The van der Waals surface area contributed by atoms with Crippen LogP contribution < -0.4 is 10.1 Å². The van der Waals surface area contributed by atoms with Crippen LogP contribution in [0.2, 0.25) is 0 Å². The Kier molecular flexibility index (Phi) is 4.21. The Morgan fingerprint density at radius 3 is 2.68 bits per heavy atom. The van der Waals surface area contributed by atoms with Crippen molar-refractivity contribution in [3.63, 3.8) is 0 Å². The minimum Gasteiger partial charge on any atom is -0.493 e. The van der Waals surface area contributed by atoms with E-state index < -0.39 is 0 Å². The first kappa shape index (κ1) is 13.6. The Morgan fingerprint density at radius 2 is 2.11 bits per heavy atom. The summed E-state index contributed by atoms with van der Waals surface area (Å²) in [6.45, 7) is 3.07. The van der Waals surface area contributed by atoms with Crippen LogP contribution in [0.25, 0.3) is 0 Å². The summed E-state index contributed by atoms with van der Waals surface area (Å²) in [5, 5.41) is 12.0. The van der Waals surface area contributed by atoms with Crippen LogP contribution in [0.1, 0.15) is 30.6 Å². The molecule has 1 unspecified atom stereocenters. The topological polar surface area (TPSA) is 56.9 Å². The van der Waals surface area contributed by atoms with E-state index in [2.05, 4.69) is 22.4 Å². The number of ether oxygens (including phenoxy) is 1. The van der Waals surface area contributed by atoms with Gasteiger partial charge in [-0.1, -0.05) is 6.92 Å². The second-order valence-corrected chi connectivity index (χ2v) is 4.56. The number of aryl methyl sites for hydroxylation is 2. The number of rotatable bonds is 6. The lowest BCUT2D eigenvalue weighted by atomic mass is 10.1. The van der Waals surface area contributed by atoms with Gasteiger partial charge in [0.15, 0.2) is 5.75 Å². The van der Waals surface area contributed by atoms with Crippen LogP contribution in [0.5, 0.6) is 5.75 Å². The van der Waals surface area contributed by atoms with Gasteiger partial charge >= 0.3 is 0 Å². The van der Waals surface area contributed by atoms with Crippen molar-refractivity contribution in [3.8, 4) is 5.75 Å². The van der Waals surface area contributed by atoms with Gasteiger partial charge in [0, 0.05) is 25.9 Å². The van der Waals surface area contributed by atoms with Crippen LogP contribution in [-0.4, -0.2) is 33.2 Å². The summed E-state index contributed by atoms with van der Waals surface area (Å²) in [4.78, 5) is 0. The molecular formula is C13H21N5O. The summed E-state index contributed by atoms with van der Waals surface area (Å²) in [5.74, 6) is 0.792. The van der Waals surface area contributed by atoms with E-state index >= 15 is 0 Å². The van der Waals surface area contributed by atoms with E-state index in [0.29, 0.717) is 0 Å². The van der Waals surface area contributed by atoms with Crippen LogP contribution >= 0.6 is 0 Å². The maximum absolute atomic E-state index is 5.40. The van der Waals surface area contributed by atoms with Crippen molar-refractivity contribution in [3.05, 3.63) is 29.8 Å². The zero-order chi connectivity index (χ0) is 13.8. The molecule has 0 bridgehead atoms. The predicted molar refractivity (Wildman–Crippen MR) is 73.1 cm³/mol. The summed E-state index contributed by atoms with van der Waals surface area (Å²) in [5.41, 5.74) is 2.13. The lowest BCUT2D eigenvalue weighted by Crippen LogP contribution is -2.25. The van der Waals surface area contributed by atoms with Crippen LogP contribution in [0, 0.1) is 0 Å². The molecule has 1 N–H and O–H groups in total. The monoisotopic (exact) mass is 263 g/mol. The molecule has 0 saturated heterocycles. The Balaban J connectivity index is 2.39. The molecule has 2 heterocycles. The van der Waals surface area contributed by atoms with Gasteiger partial charge in [-0.25, -0.2) is 0 Å². The second-order valence-electron chi connectivity index (χ2n) is 4.56. The molecule has 19 heavy (non-hydrogen) atoms. The van der Waals surface area contributed by atoms with E-state index in [1.165, 1.54) is 0 Å². The fourth-order valence-corrected chi connectivity index (χ4v) is 2.16. The Morgan fingerprint density at radius 1 is 1.32 bits per heavy atom. The van der Waals surface area contributed by atoms with Gasteiger partial charge < -0.3 is 10.1 Å². The van der Waals surface area contributed by atoms with Crippen molar-refractivity contribution in [2.24, 2.45) is 14.1 Å². The van der Waals surface area contributed by atoms with Crippen molar-refractivity contribution in [1.29, 1.82) is 0 Å². The molecule has 0 aliphatic rings. The predicted octanol–water partition coefficient (Wildman–Crippen LogP) is 1.25. The zero-order valence-electron chi connectivity index (χ0n) is 11.9.